The fourth-order valence-corrected chi connectivity index (χ4v) is 11.3. The van der Waals surface area contributed by atoms with Crippen molar-refractivity contribution in [2.75, 3.05) is 25.5 Å². The number of carbonyl (C=O) groups excluding carboxylic acids is 7. The van der Waals surface area contributed by atoms with Crippen molar-refractivity contribution in [3.05, 3.63) is 119 Å². The number of benzene rings is 3. The second-order valence-electron chi connectivity index (χ2n) is 19.2. The number of ether oxygens (including phenoxy) is 7. The summed E-state index contributed by atoms with van der Waals surface area (Å²) in [5.74, 6) is -7.45. The Morgan fingerprint density at radius 3 is 2.12 bits per heavy atom. The second-order valence-corrected chi connectivity index (χ2v) is 19.6. The first-order valence-electron chi connectivity index (χ1n) is 23.9. The maximum absolute atomic E-state index is 16.3. The van der Waals surface area contributed by atoms with Crippen LogP contribution in [0.1, 0.15) is 100 Å². The molecule has 1 aliphatic heterocycles. The van der Waals surface area contributed by atoms with Crippen LogP contribution < -0.4 is 10.6 Å². The van der Waals surface area contributed by atoms with Crippen molar-refractivity contribution in [1.29, 1.82) is 0 Å². The van der Waals surface area contributed by atoms with Crippen LogP contribution in [0.5, 0.6) is 0 Å². The van der Waals surface area contributed by atoms with Crippen molar-refractivity contribution in [2.24, 2.45) is 16.7 Å². The van der Waals surface area contributed by atoms with Gasteiger partial charge in [0.25, 0.3) is 5.91 Å². The van der Waals surface area contributed by atoms with Crippen LogP contribution in [-0.2, 0) is 52.3 Å². The molecular formula is C53H61FN2O15S. The predicted molar refractivity (Wildman–Crippen MR) is 258 cm³/mol. The van der Waals surface area contributed by atoms with Crippen LogP contribution in [0.15, 0.2) is 96.1 Å². The summed E-state index contributed by atoms with van der Waals surface area (Å²) >= 11 is 4.20. The van der Waals surface area contributed by atoms with Crippen LogP contribution in [0.2, 0.25) is 0 Å². The summed E-state index contributed by atoms with van der Waals surface area (Å²) in [7, 11) is 0. The highest BCUT2D eigenvalue weighted by Crippen LogP contribution is 2.65. The van der Waals surface area contributed by atoms with E-state index in [1.807, 2.05) is 0 Å². The van der Waals surface area contributed by atoms with E-state index >= 15 is 9.59 Å². The van der Waals surface area contributed by atoms with Gasteiger partial charge in [0, 0.05) is 49.6 Å². The van der Waals surface area contributed by atoms with E-state index < -0.39 is 131 Å². The van der Waals surface area contributed by atoms with E-state index in [4.69, 9.17) is 33.2 Å². The molecule has 2 bridgehead atoms. The zero-order valence-electron chi connectivity index (χ0n) is 41.1. The Kier molecular flexibility index (Phi) is 16.0. The van der Waals surface area contributed by atoms with Gasteiger partial charge in [0.05, 0.1) is 36.0 Å². The highest BCUT2D eigenvalue weighted by molar-refractivity contribution is 7.80. The molecule has 4 aliphatic rings. The van der Waals surface area contributed by atoms with Gasteiger partial charge >= 0.3 is 30.0 Å². The van der Waals surface area contributed by atoms with Crippen molar-refractivity contribution >= 4 is 54.3 Å². The summed E-state index contributed by atoms with van der Waals surface area (Å²) in [4.78, 5) is 100. The Morgan fingerprint density at radius 1 is 0.889 bits per heavy atom. The lowest BCUT2D eigenvalue weighted by Crippen LogP contribution is -2.82. The van der Waals surface area contributed by atoms with Crippen LogP contribution in [0.4, 0.5) is 9.18 Å². The number of Topliss-reactive ketones (excluding diaryl/α,β-unsaturated/α-hetero) is 1. The number of alkyl carbamates (subject to hydrolysis) is 1. The van der Waals surface area contributed by atoms with Gasteiger partial charge < -0.3 is 48.9 Å². The number of hydrogen-bond donors (Lipinski definition) is 4. The standard InChI is InChI=1S/C53H61FN2O15S/c1-8-55-49(63)69-41-39-29(3)35(67-48(62)42(65-9-2)40(31-16-12-10-13-17-31)56-46(60)32-18-14-11-15-19-32)27-53(64,50(39,5)6)45(70-47(61)33-20-22-34(54)23-21-33)43-51(7,44(41)59)36(68-38(58)24-25-72)26-37-52(43,28-66-37)71-30(4)57/h10-23,35-37,40-43,45,64,72H,8-9,24-28H2,1-7H3,(H,55,63)(H,56,60)/t35-,36-,37+,40-,41+,42+,43?,45?,51+,52-,53+/m0/s1. The number of halogens is 1. The SMILES string of the molecule is CCNC(=O)O[C@H]1C(=O)[C@@]2(C)C(C(OC(=O)c3ccc(F)cc3)[C@]3(O)C[C@H](OC(=O)[C@H](OCC)[C@@H](NC(=O)c4ccccc4)c4ccccc4)C(C)=C1C3(C)C)[C@]1(OC(C)=O)CO[C@@H]1C[C@@H]2OC(=O)CCS. The van der Waals surface area contributed by atoms with Gasteiger partial charge in [-0.2, -0.15) is 12.6 Å². The van der Waals surface area contributed by atoms with E-state index in [0.29, 0.717) is 11.1 Å². The van der Waals surface area contributed by atoms with Gasteiger partial charge in [0.1, 0.15) is 35.8 Å². The topological polar surface area (TPSA) is 228 Å². The Morgan fingerprint density at radius 2 is 1.54 bits per heavy atom. The molecule has 3 fully saturated rings. The maximum Gasteiger partial charge on any atom is 0.408 e. The van der Waals surface area contributed by atoms with Crippen molar-refractivity contribution in [3.63, 3.8) is 0 Å². The molecule has 3 aromatic rings. The molecule has 11 atom stereocenters. The fourth-order valence-electron chi connectivity index (χ4n) is 11.1. The summed E-state index contributed by atoms with van der Waals surface area (Å²) in [5.41, 5.74) is -7.64. The monoisotopic (exact) mass is 1020 g/mol. The molecule has 0 aromatic heterocycles. The molecule has 2 saturated carbocycles. The van der Waals surface area contributed by atoms with Crippen LogP contribution in [0, 0.1) is 22.6 Å². The predicted octanol–water partition coefficient (Wildman–Crippen LogP) is 5.97. The van der Waals surface area contributed by atoms with Crippen molar-refractivity contribution < 1.29 is 76.2 Å². The number of aliphatic hydroxyl groups is 1. The molecule has 1 heterocycles. The first kappa shape index (κ1) is 53.6. The number of fused-ring (bicyclic) bond motifs is 5. The molecule has 3 aromatic carbocycles. The molecule has 0 spiro atoms. The molecule has 3 aliphatic carbocycles. The van der Waals surface area contributed by atoms with Gasteiger partial charge in [0.15, 0.2) is 23.6 Å². The summed E-state index contributed by atoms with van der Waals surface area (Å²) in [6, 6.07) is 20.1. The first-order chi connectivity index (χ1) is 34.2. The number of amides is 2. The molecule has 1 saturated heterocycles. The summed E-state index contributed by atoms with van der Waals surface area (Å²) in [6.45, 7) is 10.1. The highest BCUT2D eigenvalue weighted by Gasteiger charge is 2.79. The largest absolute Gasteiger partial charge is 0.461 e. The molecule has 386 valence electrons. The lowest BCUT2D eigenvalue weighted by Gasteiger charge is -2.67. The molecular weight excluding hydrogens is 956 g/mol. The van der Waals surface area contributed by atoms with Gasteiger partial charge in [-0.05, 0) is 80.8 Å². The number of nitrogens with one attached hydrogen (secondary N) is 2. The smallest absolute Gasteiger partial charge is 0.408 e. The van der Waals surface area contributed by atoms with Gasteiger partial charge in [-0.25, -0.2) is 18.8 Å². The number of rotatable bonds is 16. The normalized spacial score (nSPS) is 28.9. The van der Waals surface area contributed by atoms with Crippen LogP contribution in [-0.4, -0.2) is 120 Å². The molecule has 17 nitrogen and oxygen atoms in total. The van der Waals surface area contributed by atoms with E-state index in [0.717, 1.165) is 31.2 Å². The van der Waals surface area contributed by atoms with Gasteiger partial charge in [-0.15, -0.1) is 0 Å². The van der Waals surface area contributed by atoms with E-state index in [9.17, 15) is 33.5 Å². The number of ketones is 1. The molecule has 2 unspecified atom stereocenters. The maximum atomic E-state index is 16.3. The summed E-state index contributed by atoms with van der Waals surface area (Å²) < 4.78 is 57.9. The average Bonchev–Trinajstić information content (AvgIpc) is 3.33. The minimum absolute atomic E-state index is 0.0359. The molecule has 19 heteroatoms. The van der Waals surface area contributed by atoms with E-state index in [1.165, 1.54) is 6.92 Å². The molecule has 0 radical (unpaired) electrons. The van der Waals surface area contributed by atoms with Crippen LogP contribution in [0.25, 0.3) is 0 Å². The van der Waals surface area contributed by atoms with E-state index in [2.05, 4.69) is 23.3 Å². The van der Waals surface area contributed by atoms with Gasteiger partial charge in [-0.3, -0.25) is 19.2 Å². The van der Waals surface area contributed by atoms with Crippen LogP contribution in [0.3, 0.4) is 0 Å². The lowest BCUT2D eigenvalue weighted by atomic mass is 9.44. The number of hydrogen-bond acceptors (Lipinski definition) is 16. The second kappa shape index (κ2) is 21.5. The number of thiol groups is 1. The summed E-state index contributed by atoms with van der Waals surface area (Å²) in [6.07, 6.45) is -11.6. The minimum atomic E-state index is -2.51. The highest BCUT2D eigenvalue weighted by atomic mass is 32.1. The molecule has 2 amide bonds. The summed E-state index contributed by atoms with van der Waals surface area (Å²) in [5, 5.41) is 19.6. The molecule has 7 rings (SSSR count). The minimum Gasteiger partial charge on any atom is -0.461 e. The Labute approximate surface area is 422 Å². The first-order valence-corrected chi connectivity index (χ1v) is 24.5. The molecule has 3 N–H and O–H groups in total. The third-order valence-electron chi connectivity index (χ3n) is 14.7. The van der Waals surface area contributed by atoms with Gasteiger partial charge in [0.2, 0.25) is 0 Å². The molecule has 72 heavy (non-hydrogen) atoms. The van der Waals surface area contributed by atoms with E-state index in [-0.39, 0.29) is 48.5 Å². The van der Waals surface area contributed by atoms with Crippen molar-refractivity contribution in [2.45, 2.75) is 122 Å². The Hall–Kier alpha value is -6.15. The number of esters is 4. The van der Waals surface area contributed by atoms with Crippen molar-refractivity contribution in [1.82, 2.24) is 10.6 Å². The number of carbonyl (C=O) groups is 7. The van der Waals surface area contributed by atoms with Crippen molar-refractivity contribution in [3.8, 4) is 0 Å². The zero-order valence-corrected chi connectivity index (χ0v) is 42.0. The van der Waals surface area contributed by atoms with Gasteiger partial charge in [-0.1, -0.05) is 62.4 Å². The average molecular weight is 1020 g/mol. The zero-order chi connectivity index (χ0) is 52.3. The Bertz CT molecular complexity index is 2580. The lowest BCUT2D eigenvalue weighted by molar-refractivity contribution is -0.346. The third-order valence-corrected chi connectivity index (χ3v) is 14.9. The van der Waals surface area contributed by atoms with E-state index in [1.54, 1.807) is 95.3 Å². The third kappa shape index (κ3) is 9.87. The van der Waals surface area contributed by atoms with Crippen LogP contribution >= 0.6 is 12.6 Å². The fraction of sp³-hybridized carbons (Fsp3) is 0.491. The quantitative estimate of drug-likeness (QED) is 0.0561. The Balaban J connectivity index is 1.46.